The normalized spacial score (nSPS) is 15.3. The summed E-state index contributed by atoms with van der Waals surface area (Å²) < 4.78 is 40.8. The summed E-state index contributed by atoms with van der Waals surface area (Å²) in [5, 5.41) is 11.0. The molecule has 0 atom stereocenters. The molecule has 0 bridgehead atoms. The van der Waals surface area contributed by atoms with Gasteiger partial charge in [-0.1, -0.05) is 24.3 Å². The molecule has 0 unspecified atom stereocenters. The number of hydrogen-bond acceptors (Lipinski definition) is 5. The fourth-order valence-corrected chi connectivity index (χ4v) is 4.88. The lowest BCUT2D eigenvalue weighted by atomic mass is 10.1. The topological polar surface area (TPSA) is 101 Å². The zero-order chi connectivity index (χ0) is 21.2. The van der Waals surface area contributed by atoms with Crippen molar-refractivity contribution >= 4 is 21.6 Å². The average Bonchev–Trinajstić information content (AvgIpc) is 2.69. The highest BCUT2D eigenvalue weighted by Gasteiger charge is 2.32. The van der Waals surface area contributed by atoms with E-state index >= 15 is 0 Å². The van der Waals surface area contributed by atoms with Crippen LogP contribution in [-0.4, -0.2) is 54.6 Å². The predicted octanol–water partition coefficient (Wildman–Crippen LogP) is 2.12. The first-order valence-electron chi connectivity index (χ1n) is 8.96. The van der Waals surface area contributed by atoms with Crippen LogP contribution < -0.4 is 0 Å². The molecule has 3 rings (SSSR count). The smallest absolute Gasteiger partial charge is 0.270 e. The summed E-state index contributed by atoms with van der Waals surface area (Å²) in [6, 6.07) is 9.74. The van der Waals surface area contributed by atoms with Crippen LogP contribution in [0.1, 0.15) is 11.1 Å². The van der Waals surface area contributed by atoms with Crippen molar-refractivity contribution in [3.63, 3.8) is 0 Å². The molecule has 2 aromatic carbocycles. The van der Waals surface area contributed by atoms with Gasteiger partial charge in [-0.05, 0) is 24.1 Å². The second-order valence-electron chi connectivity index (χ2n) is 6.76. The van der Waals surface area contributed by atoms with Crippen molar-refractivity contribution in [1.82, 2.24) is 9.21 Å². The third-order valence-electron chi connectivity index (χ3n) is 4.89. The molecule has 29 heavy (non-hydrogen) atoms. The van der Waals surface area contributed by atoms with Gasteiger partial charge >= 0.3 is 0 Å². The third kappa shape index (κ3) is 4.43. The Labute approximate surface area is 167 Å². The average molecular weight is 421 g/mol. The largest absolute Gasteiger partial charge is 0.340 e. The Bertz CT molecular complexity index is 1050. The molecule has 0 radical (unpaired) electrons. The zero-order valence-corrected chi connectivity index (χ0v) is 16.6. The minimum Gasteiger partial charge on any atom is -0.340 e. The molecule has 0 aliphatic carbocycles. The van der Waals surface area contributed by atoms with Crippen LogP contribution in [-0.2, 0) is 21.2 Å². The summed E-state index contributed by atoms with van der Waals surface area (Å²) >= 11 is 0. The maximum absolute atomic E-state index is 13.7. The van der Waals surface area contributed by atoms with Crippen molar-refractivity contribution in [3.8, 4) is 0 Å². The maximum atomic E-state index is 13.7. The van der Waals surface area contributed by atoms with Crippen LogP contribution in [0.15, 0.2) is 47.4 Å². The van der Waals surface area contributed by atoms with Crippen molar-refractivity contribution < 1.29 is 22.5 Å². The number of sulfonamides is 1. The van der Waals surface area contributed by atoms with Gasteiger partial charge in [0, 0.05) is 38.3 Å². The number of halogens is 1. The Morgan fingerprint density at radius 3 is 2.41 bits per heavy atom. The van der Waals surface area contributed by atoms with Gasteiger partial charge in [0.1, 0.15) is 5.82 Å². The molecule has 0 aromatic heterocycles. The van der Waals surface area contributed by atoms with Gasteiger partial charge in [0.25, 0.3) is 5.69 Å². The Kier molecular flexibility index (Phi) is 5.94. The maximum Gasteiger partial charge on any atom is 0.270 e. The molecular formula is C19H20FN3O5S. The first-order chi connectivity index (χ1) is 13.7. The second-order valence-corrected chi connectivity index (χ2v) is 8.67. The highest BCUT2D eigenvalue weighted by Crippen LogP contribution is 2.25. The van der Waals surface area contributed by atoms with E-state index < -0.39 is 20.8 Å². The van der Waals surface area contributed by atoms with E-state index in [1.54, 1.807) is 25.1 Å². The predicted molar refractivity (Wildman–Crippen MR) is 103 cm³/mol. The van der Waals surface area contributed by atoms with Crippen LogP contribution in [0.5, 0.6) is 0 Å². The van der Waals surface area contributed by atoms with E-state index in [9.17, 15) is 27.7 Å². The van der Waals surface area contributed by atoms with Gasteiger partial charge < -0.3 is 4.90 Å². The van der Waals surface area contributed by atoms with Crippen molar-refractivity contribution in [2.45, 2.75) is 18.2 Å². The molecule has 1 heterocycles. The number of piperazine rings is 1. The highest BCUT2D eigenvalue weighted by atomic mass is 32.2. The summed E-state index contributed by atoms with van der Waals surface area (Å²) in [6.07, 6.45) is -0.0938. The van der Waals surface area contributed by atoms with Crippen LogP contribution in [0.25, 0.3) is 0 Å². The number of benzene rings is 2. The number of nitro benzene ring substituents is 1. The van der Waals surface area contributed by atoms with Gasteiger partial charge in [-0.15, -0.1) is 0 Å². The second kappa shape index (κ2) is 8.26. The number of carbonyl (C=O) groups is 1. The van der Waals surface area contributed by atoms with Crippen molar-refractivity contribution in [2.24, 2.45) is 0 Å². The Hall–Kier alpha value is -2.85. The Balaban J connectivity index is 1.70. The molecule has 1 amide bonds. The van der Waals surface area contributed by atoms with Crippen LogP contribution >= 0.6 is 0 Å². The van der Waals surface area contributed by atoms with E-state index in [1.807, 2.05) is 0 Å². The van der Waals surface area contributed by atoms with E-state index in [0.717, 1.165) is 6.07 Å². The number of non-ortho nitro benzene ring substituents is 1. The fourth-order valence-electron chi connectivity index (χ4n) is 3.21. The van der Waals surface area contributed by atoms with E-state index in [4.69, 9.17) is 0 Å². The lowest BCUT2D eigenvalue weighted by Crippen LogP contribution is -2.51. The summed E-state index contributed by atoms with van der Waals surface area (Å²) in [5.74, 6) is -0.734. The van der Waals surface area contributed by atoms with Gasteiger partial charge in [-0.25, -0.2) is 12.8 Å². The van der Waals surface area contributed by atoms with Gasteiger partial charge in [0.2, 0.25) is 15.9 Å². The monoisotopic (exact) mass is 421 g/mol. The van der Waals surface area contributed by atoms with Gasteiger partial charge in [0.05, 0.1) is 16.2 Å². The summed E-state index contributed by atoms with van der Waals surface area (Å²) in [7, 11) is -3.93. The minimum absolute atomic E-state index is 0.0630. The first kappa shape index (κ1) is 20.9. The number of carbonyl (C=O) groups excluding carboxylic acids is 1. The molecule has 1 aliphatic heterocycles. The lowest BCUT2D eigenvalue weighted by molar-refractivity contribution is -0.385. The number of hydrogen-bond donors (Lipinski definition) is 0. The Morgan fingerprint density at radius 2 is 1.79 bits per heavy atom. The molecular weight excluding hydrogens is 401 g/mol. The molecule has 0 N–H and O–H groups in total. The quantitative estimate of drug-likeness (QED) is 0.544. The van der Waals surface area contributed by atoms with Gasteiger partial charge in [-0.3, -0.25) is 14.9 Å². The van der Waals surface area contributed by atoms with Crippen LogP contribution in [0.4, 0.5) is 10.1 Å². The number of nitrogens with zero attached hydrogens (tertiary/aromatic N) is 3. The molecule has 10 heteroatoms. The SMILES string of the molecule is Cc1ccc([N+](=O)[O-])cc1S(=O)(=O)N1CCN(C(=O)Cc2ccccc2F)CC1. The molecule has 1 saturated heterocycles. The molecule has 1 fully saturated rings. The van der Waals surface area contributed by atoms with Crippen molar-refractivity contribution in [2.75, 3.05) is 26.2 Å². The van der Waals surface area contributed by atoms with E-state index in [-0.39, 0.29) is 49.1 Å². The summed E-state index contributed by atoms with van der Waals surface area (Å²) in [5.41, 5.74) is 0.404. The van der Waals surface area contributed by atoms with Gasteiger partial charge in [-0.2, -0.15) is 4.31 Å². The number of aryl methyl sites for hydroxylation is 1. The zero-order valence-electron chi connectivity index (χ0n) is 15.7. The van der Waals surface area contributed by atoms with Crippen LogP contribution in [0.2, 0.25) is 0 Å². The minimum atomic E-state index is -3.93. The molecule has 2 aromatic rings. The van der Waals surface area contributed by atoms with Crippen molar-refractivity contribution in [1.29, 1.82) is 0 Å². The Morgan fingerprint density at radius 1 is 1.14 bits per heavy atom. The van der Waals surface area contributed by atoms with Crippen molar-refractivity contribution in [3.05, 3.63) is 69.5 Å². The molecule has 0 saturated carbocycles. The third-order valence-corrected chi connectivity index (χ3v) is 6.93. The number of nitro groups is 1. The van der Waals surface area contributed by atoms with E-state index in [2.05, 4.69) is 0 Å². The molecule has 8 nitrogen and oxygen atoms in total. The van der Waals surface area contributed by atoms with E-state index in [0.29, 0.717) is 11.1 Å². The van der Waals surface area contributed by atoms with E-state index in [1.165, 1.54) is 27.4 Å². The number of amides is 1. The molecule has 1 aliphatic rings. The summed E-state index contributed by atoms with van der Waals surface area (Å²) in [4.78, 5) is 24.2. The lowest BCUT2D eigenvalue weighted by Gasteiger charge is -2.34. The first-order valence-corrected chi connectivity index (χ1v) is 10.4. The highest BCUT2D eigenvalue weighted by molar-refractivity contribution is 7.89. The van der Waals surface area contributed by atoms with Crippen LogP contribution in [0, 0.1) is 22.9 Å². The van der Waals surface area contributed by atoms with Crippen LogP contribution in [0.3, 0.4) is 0 Å². The standard InChI is InChI=1S/C19H20FN3O5S/c1-14-6-7-16(23(25)26)13-18(14)29(27,28)22-10-8-21(9-11-22)19(24)12-15-4-2-3-5-17(15)20/h2-7,13H,8-12H2,1H3. The fraction of sp³-hybridized carbons (Fsp3) is 0.316. The van der Waals surface area contributed by atoms with Gasteiger partial charge in [0.15, 0.2) is 0 Å². The molecule has 154 valence electrons. The summed E-state index contributed by atoms with van der Waals surface area (Å²) in [6.45, 7) is 2.03. The molecule has 0 spiro atoms. The number of rotatable bonds is 5.